The third-order valence-electron chi connectivity index (χ3n) is 6.09. The number of unbranched alkanes of at least 4 members (excludes halogenated alkanes) is 1. The Morgan fingerprint density at radius 1 is 0.935 bits per heavy atom. The summed E-state index contributed by atoms with van der Waals surface area (Å²) in [7, 11) is 0. The number of hydrogen-bond donors (Lipinski definition) is 0. The highest BCUT2D eigenvalue weighted by Gasteiger charge is 2.20. The van der Waals surface area contributed by atoms with Crippen LogP contribution in [-0.2, 0) is 6.42 Å². The van der Waals surface area contributed by atoms with Crippen LogP contribution < -0.4 is 4.90 Å². The number of hydrogen-bond acceptors (Lipinski definition) is 6. The van der Waals surface area contributed by atoms with Crippen molar-refractivity contribution in [3.05, 3.63) is 64.5 Å². The van der Waals surface area contributed by atoms with Gasteiger partial charge in [-0.3, -0.25) is 4.90 Å². The molecule has 0 N–H and O–H groups in total. The predicted octanol–water partition coefficient (Wildman–Crippen LogP) is 5.87. The van der Waals surface area contributed by atoms with Crippen LogP contribution in [0.2, 0.25) is 0 Å². The van der Waals surface area contributed by atoms with Gasteiger partial charge in [-0.05, 0) is 62.0 Å². The van der Waals surface area contributed by atoms with Crippen molar-refractivity contribution in [2.45, 2.75) is 26.2 Å². The fraction of sp³-hybridized carbons (Fsp3) is 0.360. The van der Waals surface area contributed by atoms with E-state index in [0.29, 0.717) is 0 Å². The summed E-state index contributed by atoms with van der Waals surface area (Å²) in [4.78, 5) is 9.65. The Bertz CT molecular complexity index is 1120. The molecule has 0 amide bonds. The molecule has 3 heterocycles. The quantitative estimate of drug-likeness (QED) is 0.331. The number of nitrogens with zero attached hydrogens (tertiary/aromatic N) is 4. The standard InChI is InChI=1S/C25H28N4S2/c1-19-26-23(18-30-19)21-11-9-20(10-12-21)6-4-5-13-28-14-16-29(17-15-28)25-22-7-2-3-8-24(22)31-27-25/h2-3,7-12,18H,4-6,13-17H2,1H3. The van der Waals surface area contributed by atoms with E-state index in [4.69, 9.17) is 4.37 Å². The van der Waals surface area contributed by atoms with Gasteiger partial charge in [0.05, 0.1) is 15.4 Å². The van der Waals surface area contributed by atoms with Crippen LogP contribution in [0.25, 0.3) is 21.3 Å². The van der Waals surface area contributed by atoms with E-state index in [2.05, 4.69) is 75.6 Å². The lowest BCUT2D eigenvalue weighted by atomic mass is 10.0. The second-order valence-corrected chi connectivity index (χ2v) is 10.1. The predicted molar refractivity (Wildman–Crippen MR) is 133 cm³/mol. The molecule has 0 bridgehead atoms. The summed E-state index contributed by atoms with van der Waals surface area (Å²) >= 11 is 3.33. The molecule has 160 valence electrons. The second-order valence-electron chi connectivity index (χ2n) is 8.24. The molecule has 1 aliphatic heterocycles. The van der Waals surface area contributed by atoms with Crippen LogP contribution in [0.4, 0.5) is 5.82 Å². The number of aryl methyl sites for hydroxylation is 2. The Morgan fingerprint density at radius 3 is 2.52 bits per heavy atom. The van der Waals surface area contributed by atoms with E-state index >= 15 is 0 Å². The second kappa shape index (κ2) is 9.47. The van der Waals surface area contributed by atoms with E-state index in [1.165, 1.54) is 46.4 Å². The summed E-state index contributed by atoms with van der Waals surface area (Å²) in [5.74, 6) is 1.18. The summed E-state index contributed by atoms with van der Waals surface area (Å²) in [6.45, 7) is 7.67. The van der Waals surface area contributed by atoms with Gasteiger partial charge in [0, 0.05) is 42.5 Å². The number of fused-ring (bicyclic) bond motifs is 1. The van der Waals surface area contributed by atoms with Gasteiger partial charge < -0.3 is 4.90 Å². The molecule has 1 saturated heterocycles. The SMILES string of the molecule is Cc1nc(-c2ccc(CCCCN3CCN(c4nsc5ccccc45)CC3)cc2)cs1. The molecule has 0 saturated carbocycles. The Labute approximate surface area is 192 Å². The van der Waals surface area contributed by atoms with Crippen LogP contribution in [0.15, 0.2) is 53.9 Å². The maximum atomic E-state index is 4.73. The first-order chi connectivity index (χ1) is 15.3. The molecule has 31 heavy (non-hydrogen) atoms. The van der Waals surface area contributed by atoms with Gasteiger partial charge >= 0.3 is 0 Å². The Kier molecular flexibility index (Phi) is 6.30. The molecular weight excluding hydrogens is 420 g/mol. The summed E-state index contributed by atoms with van der Waals surface area (Å²) in [6, 6.07) is 17.5. The zero-order chi connectivity index (χ0) is 21.0. The normalized spacial score (nSPS) is 15.1. The molecule has 0 spiro atoms. The minimum Gasteiger partial charge on any atom is -0.353 e. The van der Waals surface area contributed by atoms with Gasteiger partial charge in [-0.1, -0.05) is 36.4 Å². The molecule has 6 heteroatoms. The summed E-state index contributed by atoms with van der Waals surface area (Å²) < 4.78 is 6.01. The molecule has 0 radical (unpaired) electrons. The number of anilines is 1. The van der Waals surface area contributed by atoms with Gasteiger partial charge in [0.1, 0.15) is 5.82 Å². The third kappa shape index (κ3) is 4.81. The lowest BCUT2D eigenvalue weighted by Crippen LogP contribution is -2.46. The molecule has 1 aliphatic rings. The molecule has 4 nitrogen and oxygen atoms in total. The lowest BCUT2D eigenvalue weighted by molar-refractivity contribution is 0.253. The van der Waals surface area contributed by atoms with Crippen molar-refractivity contribution < 1.29 is 0 Å². The van der Waals surface area contributed by atoms with Crippen molar-refractivity contribution in [1.29, 1.82) is 0 Å². The van der Waals surface area contributed by atoms with Crippen LogP contribution in [0.1, 0.15) is 23.4 Å². The van der Waals surface area contributed by atoms with Crippen LogP contribution in [0.3, 0.4) is 0 Å². The molecular formula is C25H28N4S2. The molecule has 5 rings (SSSR count). The minimum absolute atomic E-state index is 1.07. The number of benzene rings is 2. The number of rotatable bonds is 7. The number of piperazine rings is 1. The van der Waals surface area contributed by atoms with Crippen LogP contribution in [0, 0.1) is 6.92 Å². The summed E-state index contributed by atoms with van der Waals surface area (Å²) in [6.07, 6.45) is 3.65. The average molecular weight is 449 g/mol. The average Bonchev–Trinajstić information content (AvgIpc) is 3.44. The van der Waals surface area contributed by atoms with Gasteiger partial charge in [0.25, 0.3) is 0 Å². The van der Waals surface area contributed by atoms with Gasteiger partial charge in [0.2, 0.25) is 0 Å². The lowest BCUT2D eigenvalue weighted by Gasteiger charge is -2.35. The molecule has 0 aliphatic carbocycles. The first kappa shape index (κ1) is 20.6. The number of thiazole rings is 1. The van der Waals surface area contributed by atoms with Gasteiger partial charge in [-0.25, -0.2) is 4.98 Å². The highest BCUT2D eigenvalue weighted by Crippen LogP contribution is 2.30. The fourth-order valence-corrected chi connectivity index (χ4v) is 5.70. The van der Waals surface area contributed by atoms with Crippen molar-refractivity contribution >= 4 is 38.8 Å². The van der Waals surface area contributed by atoms with E-state index in [1.54, 1.807) is 22.9 Å². The van der Waals surface area contributed by atoms with E-state index in [1.807, 2.05) is 0 Å². The molecule has 0 unspecified atom stereocenters. The van der Waals surface area contributed by atoms with Crippen molar-refractivity contribution in [3.63, 3.8) is 0 Å². The smallest absolute Gasteiger partial charge is 0.150 e. The first-order valence-electron chi connectivity index (χ1n) is 11.1. The maximum absolute atomic E-state index is 4.73. The van der Waals surface area contributed by atoms with Gasteiger partial charge in [-0.15, -0.1) is 11.3 Å². The Balaban J connectivity index is 1.05. The van der Waals surface area contributed by atoms with Crippen molar-refractivity contribution in [2.24, 2.45) is 0 Å². The Morgan fingerprint density at radius 2 is 1.74 bits per heavy atom. The molecule has 1 fully saturated rings. The Hall–Kier alpha value is -2.28. The first-order valence-corrected chi connectivity index (χ1v) is 12.7. The van der Waals surface area contributed by atoms with E-state index < -0.39 is 0 Å². The summed E-state index contributed by atoms with van der Waals surface area (Å²) in [5, 5.41) is 4.57. The largest absolute Gasteiger partial charge is 0.353 e. The highest BCUT2D eigenvalue weighted by molar-refractivity contribution is 7.13. The minimum atomic E-state index is 1.07. The van der Waals surface area contributed by atoms with E-state index in [0.717, 1.165) is 43.3 Å². The molecule has 0 atom stereocenters. The fourth-order valence-electron chi connectivity index (χ4n) is 4.29. The summed E-state index contributed by atoms with van der Waals surface area (Å²) in [5.41, 5.74) is 3.74. The van der Waals surface area contributed by atoms with Crippen molar-refractivity contribution in [2.75, 3.05) is 37.6 Å². The zero-order valence-corrected chi connectivity index (χ0v) is 19.6. The molecule has 2 aromatic carbocycles. The topological polar surface area (TPSA) is 32.3 Å². The monoisotopic (exact) mass is 448 g/mol. The highest BCUT2D eigenvalue weighted by atomic mass is 32.1. The van der Waals surface area contributed by atoms with Crippen LogP contribution in [0.5, 0.6) is 0 Å². The molecule has 4 aromatic rings. The van der Waals surface area contributed by atoms with E-state index in [-0.39, 0.29) is 0 Å². The van der Waals surface area contributed by atoms with Crippen molar-refractivity contribution in [1.82, 2.24) is 14.3 Å². The maximum Gasteiger partial charge on any atom is 0.150 e. The zero-order valence-electron chi connectivity index (χ0n) is 18.0. The molecule has 2 aromatic heterocycles. The van der Waals surface area contributed by atoms with Crippen LogP contribution in [-0.4, -0.2) is 47.0 Å². The third-order valence-corrected chi connectivity index (χ3v) is 7.68. The van der Waals surface area contributed by atoms with Gasteiger partial charge in [0.15, 0.2) is 0 Å². The van der Waals surface area contributed by atoms with Gasteiger partial charge in [-0.2, -0.15) is 4.37 Å². The van der Waals surface area contributed by atoms with Crippen LogP contribution >= 0.6 is 22.9 Å². The van der Waals surface area contributed by atoms with E-state index in [9.17, 15) is 0 Å². The van der Waals surface area contributed by atoms with Crippen molar-refractivity contribution in [3.8, 4) is 11.3 Å². The number of aromatic nitrogens is 2.